The molecule has 0 saturated heterocycles. The molecule has 0 saturated carbocycles. The molecule has 0 bridgehead atoms. The summed E-state index contributed by atoms with van der Waals surface area (Å²) in [6.45, 7) is 0.0200. The fraction of sp³-hybridized carbons (Fsp3) is 0.455. The van der Waals surface area contributed by atoms with E-state index in [0.717, 1.165) is 0 Å². The first-order valence-corrected chi connectivity index (χ1v) is 13.0. The molecule has 0 amide bonds. The Morgan fingerprint density at radius 3 is 0.944 bits per heavy atom. The number of nitrogens with zero attached hydrogens (tertiary/aromatic N) is 4. The number of hydrogen-bond donors (Lipinski definition) is 4. The molecule has 3 heterocycles. The molecule has 14 heteroatoms. The van der Waals surface area contributed by atoms with E-state index in [-0.39, 0.29) is 26.2 Å². The maximum absolute atomic E-state index is 11.6. The van der Waals surface area contributed by atoms with Gasteiger partial charge >= 0.3 is 23.9 Å². The SMILES string of the molecule is O=C(O)CN1CCCN(CC(=O)O)c2cscc2N(CC(=O)O)CCCN(CC(=O)O)c2cscc21. The van der Waals surface area contributed by atoms with E-state index in [9.17, 15) is 39.6 Å². The van der Waals surface area contributed by atoms with Gasteiger partial charge in [-0.25, -0.2) is 0 Å². The zero-order valence-corrected chi connectivity index (χ0v) is 21.0. The maximum Gasteiger partial charge on any atom is 0.323 e. The Kier molecular flexibility index (Phi) is 9.36. The maximum atomic E-state index is 11.6. The number of anilines is 4. The average Bonchev–Trinajstić information content (AvgIpc) is 3.44. The molecule has 0 atom stereocenters. The Balaban J connectivity index is 2.01. The molecular formula is C22H28N4O8S2. The Hall–Kier alpha value is -3.52. The van der Waals surface area contributed by atoms with Gasteiger partial charge in [-0.1, -0.05) is 0 Å². The highest BCUT2D eigenvalue weighted by Gasteiger charge is 2.25. The van der Waals surface area contributed by atoms with Crippen molar-refractivity contribution in [1.29, 1.82) is 0 Å². The van der Waals surface area contributed by atoms with E-state index in [1.807, 2.05) is 0 Å². The van der Waals surface area contributed by atoms with Gasteiger partial charge in [0, 0.05) is 47.7 Å². The predicted molar refractivity (Wildman–Crippen MR) is 137 cm³/mol. The molecule has 0 radical (unpaired) electrons. The second-order valence-corrected chi connectivity index (χ2v) is 9.74. The lowest BCUT2D eigenvalue weighted by Gasteiger charge is -2.33. The fourth-order valence-electron chi connectivity index (χ4n) is 4.21. The lowest BCUT2D eigenvalue weighted by Crippen LogP contribution is -2.39. The van der Waals surface area contributed by atoms with Gasteiger partial charge in [-0.2, -0.15) is 0 Å². The second-order valence-electron chi connectivity index (χ2n) is 8.25. The standard InChI is InChI=1S/C22H28N4O8S2/c27-19(28)7-23-3-1-4-24(8-20(29)30)16-12-36-14-18(16)26(10-22(33)34)6-2-5-25(9-21(31)32)17-13-35-11-15(17)23/h11-14H,1-10H2,(H,27,28)(H,29,30)(H,31,32)(H,33,34). The van der Waals surface area contributed by atoms with Crippen molar-refractivity contribution in [2.45, 2.75) is 12.8 Å². The predicted octanol–water partition coefficient (Wildman–Crippen LogP) is 1.87. The van der Waals surface area contributed by atoms with Crippen LogP contribution < -0.4 is 19.6 Å². The molecule has 1 aliphatic heterocycles. The molecule has 0 aliphatic carbocycles. The van der Waals surface area contributed by atoms with Gasteiger partial charge in [0.05, 0.1) is 22.7 Å². The molecule has 12 nitrogen and oxygen atoms in total. The van der Waals surface area contributed by atoms with Crippen molar-refractivity contribution in [2.24, 2.45) is 0 Å². The fourth-order valence-corrected chi connectivity index (χ4v) is 5.94. The second kappa shape index (κ2) is 12.4. The third-order valence-electron chi connectivity index (χ3n) is 5.62. The van der Waals surface area contributed by atoms with Gasteiger partial charge in [-0.3, -0.25) is 19.2 Å². The molecule has 0 unspecified atom stereocenters. The van der Waals surface area contributed by atoms with Crippen LogP contribution in [0.1, 0.15) is 12.8 Å². The molecule has 36 heavy (non-hydrogen) atoms. The largest absolute Gasteiger partial charge is 0.480 e. The van der Waals surface area contributed by atoms with Crippen LogP contribution in [-0.4, -0.2) is 96.7 Å². The van der Waals surface area contributed by atoms with Crippen LogP contribution in [0.25, 0.3) is 0 Å². The highest BCUT2D eigenvalue weighted by molar-refractivity contribution is 7.09. The Morgan fingerprint density at radius 2 is 0.750 bits per heavy atom. The molecular weight excluding hydrogens is 512 g/mol. The molecule has 2 aromatic rings. The quantitative estimate of drug-likeness (QED) is 0.385. The Morgan fingerprint density at radius 1 is 0.528 bits per heavy atom. The monoisotopic (exact) mass is 540 g/mol. The van der Waals surface area contributed by atoms with Crippen molar-refractivity contribution >= 4 is 69.3 Å². The van der Waals surface area contributed by atoms with Crippen LogP contribution in [0.4, 0.5) is 22.7 Å². The molecule has 3 rings (SSSR count). The highest BCUT2D eigenvalue weighted by atomic mass is 32.1. The minimum absolute atomic E-state index is 0.292. The molecule has 196 valence electrons. The molecule has 4 N–H and O–H groups in total. The van der Waals surface area contributed by atoms with Gasteiger partial charge in [-0.15, -0.1) is 22.7 Å². The number of carboxylic acid groups (broad SMARTS) is 4. The number of carbonyl (C=O) groups is 4. The van der Waals surface area contributed by atoms with E-state index >= 15 is 0 Å². The van der Waals surface area contributed by atoms with E-state index in [4.69, 9.17) is 0 Å². The van der Waals surface area contributed by atoms with E-state index in [0.29, 0.717) is 61.8 Å². The van der Waals surface area contributed by atoms with Gasteiger partial charge in [0.25, 0.3) is 0 Å². The average molecular weight is 541 g/mol. The first kappa shape index (κ1) is 27.1. The lowest BCUT2D eigenvalue weighted by molar-refractivity contribution is -0.136. The summed E-state index contributed by atoms with van der Waals surface area (Å²) in [7, 11) is 0. The zero-order valence-electron chi connectivity index (χ0n) is 19.4. The van der Waals surface area contributed by atoms with Crippen LogP contribution in [-0.2, 0) is 19.2 Å². The Bertz CT molecular complexity index is 927. The van der Waals surface area contributed by atoms with Gasteiger partial charge < -0.3 is 40.0 Å². The van der Waals surface area contributed by atoms with Crippen molar-refractivity contribution < 1.29 is 39.6 Å². The molecule has 1 aliphatic rings. The summed E-state index contributed by atoms with van der Waals surface area (Å²) >= 11 is 2.67. The number of thiophene rings is 2. The number of carboxylic acids is 4. The van der Waals surface area contributed by atoms with Crippen molar-refractivity contribution in [3.05, 3.63) is 21.5 Å². The summed E-state index contributed by atoms with van der Waals surface area (Å²) in [5, 5.41) is 45.1. The number of hydrogen-bond acceptors (Lipinski definition) is 10. The number of fused-ring (bicyclic) bond motifs is 2. The van der Waals surface area contributed by atoms with Crippen LogP contribution >= 0.6 is 22.7 Å². The summed E-state index contributed by atoms with van der Waals surface area (Å²) < 4.78 is 0. The number of rotatable bonds is 8. The summed E-state index contributed by atoms with van der Waals surface area (Å²) in [6, 6.07) is 0. The van der Waals surface area contributed by atoms with Crippen LogP contribution in [0.3, 0.4) is 0 Å². The molecule has 0 fully saturated rings. The van der Waals surface area contributed by atoms with Gasteiger partial charge in [0.2, 0.25) is 0 Å². The van der Waals surface area contributed by atoms with Crippen LogP contribution in [0.5, 0.6) is 0 Å². The summed E-state index contributed by atoms with van der Waals surface area (Å²) in [5.41, 5.74) is 2.40. The van der Waals surface area contributed by atoms with Crippen LogP contribution in [0.2, 0.25) is 0 Å². The minimum atomic E-state index is -1.04. The van der Waals surface area contributed by atoms with Gasteiger partial charge in [0.1, 0.15) is 26.2 Å². The van der Waals surface area contributed by atoms with Crippen molar-refractivity contribution in [2.75, 3.05) is 72.0 Å². The third-order valence-corrected chi connectivity index (χ3v) is 7.06. The van der Waals surface area contributed by atoms with Crippen molar-refractivity contribution in [1.82, 2.24) is 0 Å². The van der Waals surface area contributed by atoms with Crippen molar-refractivity contribution in [3.63, 3.8) is 0 Å². The first-order valence-electron chi connectivity index (χ1n) is 11.1. The number of aliphatic carboxylic acids is 4. The first-order chi connectivity index (χ1) is 17.2. The lowest BCUT2D eigenvalue weighted by atomic mass is 10.2. The summed E-state index contributed by atoms with van der Waals surface area (Å²) in [4.78, 5) is 53.1. The summed E-state index contributed by atoms with van der Waals surface area (Å²) in [6.07, 6.45) is 0.839. The van der Waals surface area contributed by atoms with E-state index in [1.165, 1.54) is 22.7 Å². The van der Waals surface area contributed by atoms with Crippen LogP contribution in [0.15, 0.2) is 21.5 Å². The zero-order chi connectivity index (χ0) is 26.2. The normalized spacial score (nSPS) is 15.1. The topological polar surface area (TPSA) is 162 Å². The minimum Gasteiger partial charge on any atom is -0.480 e. The van der Waals surface area contributed by atoms with Gasteiger partial charge in [0.15, 0.2) is 0 Å². The van der Waals surface area contributed by atoms with E-state index < -0.39 is 23.9 Å². The van der Waals surface area contributed by atoms with Gasteiger partial charge in [-0.05, 0) is 12.8 Å². The summed E-state index contributed by atoms with van der Waals surface area (Å²) in [5.74, 6) is -4.15. The van der Waals surface area contributed by atoms with E-state index in [1.54, 1.807) is 41.1 Å². The van der Waals surface area contributed by atoms with Crippen molar-refractivity contribution in [3.8, 4) is 0 Å². The van der Waals surface area contributed by atoms with E-state index in [2.05, 4.69) is 0 Å². The molecule has 0 aromatic carbocycles. The molecule has 2 aromatic heterocycles. The smallest absolute Gasteiger partial charge is 0.323 e. The Labute approximate surface area is 215 Å². The third kappa shape index (κ3) is 7.24. The highest BCUT2D eigenvalue weighted by Crippen LogP contribution is 2.36. The van der Waals surface area contributed by atoms with Crippen LogP contribution in [0, 0.1) is 0 Å². The molecule has 0 spiro atoms.